The molecular weight excluding hydrogens is 422 g/mol. The van der Waals surface area contributed by atoms with Crippen LogP contribution in [-0.2, 0) is 14.8 Å². The molecule has 156 valence electrons. The average Bonchev–Trinajstić information content (AvgIpc) is 2.64. The fourth-order valence-corrected chi connectivity index (χ4v) is 3.96. The maximum absolute atomic E-state index is 12.7. The Morgan fingerprint density at radius 2 is 1.90 bits per heavy atom. The third kappa shape index (κ3) is 5.58. The van der Waals surface area contributed by atoms with E-state index in [4.69, 9.17) is 16.3 Å². The molecular formula is C18H20ClN3O6S. The number of sulfonamides is 1. The van der Waals surface area contributed by atoms with E-state index in [0.29, 0.717) is 12.4 Å². The summed E-state index contributed by atoms with van der Waals surface area (Å²) in [6, 6.07) is 8.67. The standard InChI is InChI=1S/C18H20ClN3O6S/c1-4-28-15-8-5-13(6-9-15)21(29(3,26)27)12(2)18(23)20-17-11-14(22(24)25)7-10-16(17)19/h5-12H,4H2,1-3H3,(H,20,23). The molecule has 0 spiro atoms. The minimum Gasteiger partial charge on any atom is -0.494 e. The van der Waals surface area contributed by atoms with E-state index in [1.54, 1.807) is 12.1 Å². The van der Waals surface area contributed by atoms with Gasteiger partial charge in [-0.3, -0.25) is 19.2 Å². The number of hydrogen-bond donors (Lipinski definition) is 1. The Hall–Kier alpha value is -2.85. The van der Waals surface area contributed by atoms with E-state index in [-0.39, 0.29) is 22.1 Å². The van der Waals surface area contributed by atoms with E-state index in [1.165, 1.54) is 31.2 Å². The Morgan fingerprint density at radius 3 is 2.41 bits per heavy atom. The molecule has 29 heavy (non-hydrogen) atoms. The smallest absolute Gasteiger partial charge is 0.271 e. The lowest BCUT2D eigenvalue weighted by Crippen LogP contribution is -2.45. The number of carbonyl (C=O) groups is 1. The summed E-state index contributed by atoms with van der Waals surface area (Å²) in [5.41, 5.74) is 0.0189. The quantitative estimate of drug-likeness (QED) is 0.495. The predicted octanol–water partition coefficient (Wildman–Crippen LogP) is 3.44. The second-order valence-corrected chi connectivity index (χ2v) is 8.34. The highest BCUT2D eigenvalue weighted by atomic mass is 35.5. The first-order chi connectivity index (χ1) is 13.5. The molecule has 1 atom stereocenters. The zero-order chi connectivity index (χ0) is 21.8. The molecule has 0 saturated heterocycles. The molecule has 0 fully saturated rings. The van der Waals surface area contributed by atoms with Crippen LogP contribution in [-0.4, -0.2) is 38.2 Å². The van der Waals surface area contributed by atoms with Gasteiger partial charge >= 0.3 is 0 Å². The first-order valence-corrected chi connectivity index (χ1v) is 10.7. The molecule has 0 aliphatic carbocycles. The van der Waals surface area contributed by atoms with Gasteiger partial charge in [0.25, 0.3) is 5.69 Å². The summed E-state index contributed by atoms with van der Waals surface area (Å²) in [7, 11) is -3.82. The van der Waals surface area contributed by atoms with E-state index >= 15 is 0 Å². The van der Waals surface area contributed by atoms with Gasteiger partial charge in [-0.2, -0.15) is 0 Å². The van der Waals surface area contributed by atoms with Crippen molar-refractivity contribution in [1.29, 1.82) is 0 Å². The lowest BCUT2D eigenvalue weighted by atomic mass is 10.2. The van der Waals surface area contributed by atoms with Gasteiger partial charge in [0.05, 0.1) is 34.2 Å². The number of hydrogen-bond acceptors (Lipinski definition) is 6. The summed E-state index contributed by atoms with van der Waals surface area (Å²) in [4.78, 5) is 23.0. The third-order valence-corrected chi connectivity index (χ3v) is 5.48. The van der Waals surface area contributed by atoms with Gasteiger partial charge in [-0.25, -0.2) is 8.42 Å². The number of carbonyl (C=O) groups excluding carboxylic acids is 1. The number of nitro benzene ring substituents is 1. The molecule has 1 amide bonds. The Morgan fingerprint density at radius 1 is 1.28 bits per heavy atom. The van der Waals surface area contributed by atoms with Crippen LogP contribution in [0.3, 0.4) is 0 Å². The van der Waals surface area contributed by atoms with Gasteiger partial charge in [-0.05, 0) is 44.2 Å². The zero-order valence-corrected chi connectivity index (χ0v) is 17.5. The number of nitro groups is 1. The van der Waals surface area contributed by atoms with Crippen LogP contribution in [0.25, 0.3) is 0 Å². The van der Waals surface area contributed by atoms with E-state index in [2.05, 4.69) is 5.32 Å². The molecule has 0 bridgehead atoms. The van der Waals surface area contributed by atoms with E-state index < -0.39 is 26.9 Å². The Kier molecular flexibility index (Phi) is 7.04. The Balaban J connectivity index is 2.32. The number of halogens is 1. The van der Waals surface area contributed by atoms with Crippen LogP contribution in [0, 0.1) is 10.1 Å². The first kappa shape index (κ1) is 22.4. The SMILES string of the molecule is CCOc1ccc(N(C(C)C(=O)Nc2cc([N+](=O)[O-])ccc2Cl)S(C)(=O)=O)cc1. The topological polar surface area (TPSA) is 119 Å². The fraction of sp³-hybridized carbons (Fsp3) is 0.278. The van der Waals surface area contributed by atoms with Gasteiger partial charge in [0.15, 0.2) is 0 Å². The van der Waals surface area contributed by atoms with Crippen molar-refractivity contribution in [1.82, 2.24) is 0 Å². The second-order valence-electron chi connectivity index (χ2n) is 6.07. The molecule has 1 N–H and O–H groups in total. The molecule has 0 aliphatic heterocycles. The van der Waals surface area contributed by atoms with Crippen LogP contribution in [0.4, 0.5) is 17.1 Å². The fourth-order valence-electron chi connectivity index (χ4n) is 2.62. The van der Waals surface area contributed by atoms with Crippen LogP contribution < -0.4 is 14.4 Å². The summed E-state index contributed by atoms with van der Waals surface area (Å²) in [5.74, 6) is -0.142. The van der Waals surface area contributed by atoms with Crippen LogP contribution >= 0.6 is 11.6 Å². The molecule has 0 heterocycles. The van der Waals surface area contributed by atoms with Crippen molar-refractivity contribution in [3.63, 3.8) is 0 Å². The number of benzene rings is 2. The largest absolute Gasteiger partial charge is 0.494 e. The van der Waals surface area contributed by atoms with Crippen LogP contribution in [0.1, 0.15) is 13.8 Å². The molecule has 0 aromatic heterocycles. The van der Waals surface area contributed by atoms with E-state index in [0.717, 1.165) is 16.6 Å². The number of ether oxygens (including phenoxy) is 1. The number of nitrogens with zero attached hydrogens (tertiary/aromatic N) is 2. The predicted molar refractivity (Wildman–Crippen MR) is 111 cm³/mol. The van der Waals surface area contributed by atoms with Crippen molar-refractivity contribution in [3.8, 4) is 5.75 Å². The van der Waals surface area contributed by atoms with Crippen molar-refractivity contribution in [3.05, 3.63) is 57.6 Å². The second kappa shape index (κ2) is 9.10. The Bertz CT molecular complexity index is 1010. The molecule has 11 heteroatoms. The average molecular weight is 442 g/mol. The molecule has 2 aromatic carbocycles. The summed E-state index contributed by atoms with van der Waals surface area (Å²) in [5, 5.41) is 13.5. The summed E-state index contributed by atoms with van der Waals surface area (Å²) < 4.78 is 31.0. The molecule has 1 unspecified atom stereocenters. The summed E-state index contributed by atoms with van der Waals surface area (Å²) >= 11 is 6.00. The number of amides is 1. The molecule has 0 radical (unpaired) electrons. The van der Waals surface area contributed by atoms with Gasteiger partial charge in [-0.1, -0.05) is 11.6 Å². The van der Waals surface area contributed by atoms with E-state index in [1.807, 2.05) is 6.92 Å². The maximum Gasteiger partial charge on any atom is 0.271 e. The van der Waals surface area contributed by atoms with Crippen molar-refractivity contribution >= 4 is 44.6 Å². The number of non-ortho nitro benzene ring substituents is 1. The van der Waals surface area contributed by atoms with Crippen LogP contribution in [0.2, 0.25) is 5.02 Å². The van der Waals surface area contributed by atoms with Crippen molar-refractivity contribution in [2.45, 2.75) is 19.9 Å². The van der Waals surface area contributed by atoms with Gasteiger partial charge in [0.1, 0.15) is 11.8 Å². The van der Waals surface area contributed by atoms with Gasteiger partial charge in [-0.15, -0.1) is 0 Å². The van der Waals surface area contributed by atoms with Crippen molar-refractivity contribution in [2.24, 2.45) is 0 Å². The lowest BCUT2D eigenvalue weighted by Gasteiger charge is -2.28. The molecule has 9 nitrogen and oxygen atoms in total. The van der Waals surface area contributed by atoms with Crippen LogP contribution in [0.15, 0.2) is 42.5 Å². The molecule has 0 aliphatic rings. The zero-order valence-electron chi connectivity index (χ0n) is 16.0. The number of rotatable bonds is 8. The summed E-state index contributed by atoms with van der Waals surface area (Å²) in [6.45, 7) is 3.68. The number of anilines is 2. The van der Waals surface area contributed by atoms with E-state index in [9.17, 15) is 23.3 Å². The lowest BCUT2D eigenvalue weighted by molar-refractivity contribution is -0.384. The highest BCUT2D eigenvalue weighted by molar-refractivity contribution is 7.92. The maximum atomic E-state index is 12.7. The monoisotopic (exact) mass is 441 g/mol. The van der Waals surface area contributed by atoms with Gasteiger partial charge < -0.3 is 10.1 Å². The number of nitrogens with one attached hydrogen (secondary N) is 1. The third-order valence-electron chi connectivity index (χ3n) is 3.91. The minimum absolute atomic E-state index is 0.0119. The molecule has 0 saturated carbocycles. The van der Waals surface area contributed by atoms with Crippen LogP contribution in [0.5, 0.6) is 5.75 Å². The highest BCUT2D eigenvalue weighted by Gasteiger charge is 2.29. The molecule has 2 rings (SSSR count). The van der Waals surface area contributed by atoms with Crippen molar-refractivity contribution < 1.29 is 22.9 Å². The molecule has 2 aromatic rings. The normalized spacial score (nSPS) is 12.1. The Labute approximate surface area is 173 Å². The highest BCUT2D eigenvalue weighted by Crippen LogP contribution is 2.28. The van der Waals surface area contributed by atoms with Gasteiger partial charge in [0.2, 0.25) is 15.9 Å². The van der Waals surface area contributed by atoms with Gasteiger partial charge in [0, 0.05) is 12.1 Å². The first-order valence-electron chi connectivity index (χ1n) is 8.51. The minimum atomic E-state index is -3.82. The van der Waals surface area contributed by atoms with Crippen molar-refractivity contribution in [2.75, 3.05) is 22.5 Å². The summed E-state index contributed by atoms with van der Waals surface area (Å²) in [6.07, 6.45) is 0.980.